The molecule has 1 fully saturated rings. The molecular weight excluding hydrogens is 208 g/mol. The molecule has 2 rings (SSSR count). The lowest BCUT2D eigenvalue weighted by atomic mass is 10.2. The van der Waals surface area contributed by atoms with Crippen molar-refractivity contribution in [1.29, 1.82) is 0 Å². The van der Waals surface area contributed by atoms with Crippen molar-refractivity contribution in [3.8, 4) is 0 Å². The van der Waals surface area contributed by atoms with Crippen molar-refractivity contribution in [2.45, 2.75) is 38.3 Å². The summed E-state index contributed by atoms with van der Waals surface area (Å²) in [5, 5.41) is 9.37. The summed E-state index contributed by atoms with van der Waals surface area (Å²) in [6.45, 7) is 1.76. The average molecular weight is 224 g/mol. The molecule has 1 aliphatic carbocycles. The summed E-state index contributed by atoms with van der Waals surface area (Å²) in [4.78, 5) is 15.7. The Bertz CT molecular complexity index is 377. The van der Waals surface area contributed by atoms with E-state index < -0.39 is 0 Å². The first-order chi connectivity index (χ1) is 7.69. The highest BCUT2D eigenvalue weighted by Crippen LogP contribution is 2.21. The number of carbonyl (C=O) groups excluding carboxylic acids is 1. The Balaban J connectivity index is 1.89. The second-order valence-electron chi connectivity index (χ2n) is 4.09. The summed E-state index contributed by atoms with van der Waals surface area (Å²) in [6.07, 6.45) is 3.08. The molecule has 0 aromatic carbocycles. The fourth-order valence-corrected chi connectivity index (χ4v) is 1.98. The molecule has 1 aliphatic rings. The summed E-state index contributed by atoms with van der Waals surface area (Å²) in [5.74, 6) is 0.635. The van der Waals surface area contributed by atoms with E-state index in [-0.39, 0.29) is 23.9 Å². The molecule has 2 unspecified atom stereocenters. The smallest absolute Gasteiger partial charge is 0.291 e. The van der Waals surface area contributed by atoms with Crippen molar-refractivity contribution in [2.24, 2.45) is 0 Å². The standard InChI is InChI=1S/C10H16N4O2/c1-6-11-9(14-13-6)10(15)12-7-3-4-8(5-7)16-2/h7-8H,3-5H2,1-2H3,(H,12,15)(H,11,13,14). The van der Waals surface area contributed by atoms with Crippen molar-refractivity contribution >= 4 is 5.91 Å². The molecular formula is C10H16N4O2. The Hall–Kier alpha value is -1.43. The maximum atomic E-state index is 11.7. The minimum Gasteiger partial charge on any atom is -0.381 e. The first-order valence-electron chi connectivity index (χ1n) is 5.41. The minimum absolute atomic E-state index is 0.177. The molecule has 0 bridgehead atoms. The summed E-state index contributed by atoms with van der Waals surface area (Å²) < 4.78 is 5.24. The Kier molecular flexibility index (Phi) is 3.19. The monoisotopic (exact) mass is 224 g/mol. The van der Waals surface area contributed by atoms with E-state index in [0.29, 0.717) is 5.82 Å². The predicted molar refractivity (Wildman–Crippen MR) is 57.0 cm³/mol. The predicted octanol–water partition coefficient (Wildman–Crippen LogP) is 0.410. The number of carbonyl (C=O) groups is 1. The van der Waals surface area contributed by atoms with Crippen molar-refractivity contribution in [3.63, 3.8) is 0 Å². The van der Waals surface area contributed by atoms with Crippen LogP contribution in [0.5, 0.6) is 0 Å². The zero-order valence-corrected chi connectivity index (χ0v) is 9.49. The Morgan fingerprint density at radius 3 is 2.94 bits per heavy atom. The number of aromatic nitrogens is 3. The number of hydrogen-bond acceptors (Lipinski definition) is 4. The molecule has 2 atom stereocenters. The van der Waals surface area contributed by atoms with Crippen LogP contribution in [-0.4, -0.2) is 40.3 Å². The molecule has 16 heavy (non-hydrogen) atoms. The van der Waals surface area contributed by atoms with Gasteiger partial charge in [0, 0.05) is 13.2 Å². The molecule has 1 amide bonds. The maximum absolute atomic E-state index is 11.7. The third-order valence-corrected chi connectivity index (χ3v) is 2.85. The maximum Gasteiger partial charge on any atom is 0.291 e. The van der Waals surface area contributed by atoms with E-state index >= 15 is 0 Å². The van der Waals surface area contributed by atoms with Crippen LogP contribution < -0.4 is 5.32 Å². The summed E-state index contributed by atoms with van der Waals surface area (Å²) >= 11 is 0. The van der Waals surface area contributed by atoms with Crippen molar-refractivity contribution in [3.05, 3.63) is 11.6 Å². The van der Waals surface area contributed by atoms with Gasteiger partial charge in [0.1, 0.15) is 5.82 Å². The minimum atomic E-state index is -0.217. The lowest BCUT2D eigenvalue weighted by molar-refractivity contribution is 0.0906. The lowest BCUT2D eigenvalue weighted by Gasteiger charge is -2.11. The first-order valence-corrected chi connectivity index (χ1v) is 5.41. The molecule has 1 heterocycles. The van der Waals surface area contributed by atoms with E-state index in [4.69, 9.17) is 4.74 Å². The summed E-state index contributed by atoms with van der Waals surface area (Å²) in [5.41, 5.74) is 0. The first kappa shape index (κ1) is 11.1. The fourth-order valence-electron chi connectivity index (χ4n) is 1.98. The van der Waals surface area contributed by atoms with Gasteiger partial charge in [0.15, 0.2) is 0 Å². The second kappa shape index (κ2) is 4.61. The molecule has 0 saturated heterocycles. The van der Waals surface area contributed by atoms with E-state index in [9.17, 15) is 4.79 Å². The van der Waals surface area contributed by atoms with Crippen LogP contribution in [0.4, 0.5) is 0 Å². The van der Waals surface area contributed by atoms with Crippen LogP contribution in [0, 0.1) is 6.92 Å². The highest BCUT2D eigenvalue weighted by atomic mass is 16.5. The van der Waals surface area contributed by atoms with E-state index in [2.05, 4.69) is 20.5 Å². The quantitative estimate of drug-likeness (QED) is 0.779. The zero-order chi connectivity index (χ0) is 11.5. The van der Waals surface area contributed by atoms with Crippen molar-refractivity contribution in [2.75, 3.05) is 7.11 Å². The number of nitrogens with zero attached hydrogens (tertiary/aromatic N) is 2. The van der Waals surface area contributed by atoms with Crippen molar-refractivity contribution in [1.82, 2.24) is 20.5 Å². The van der Waals surface area contributed by atoms with Gasteiger partial charge in [-0.15, -0.1) is 5.10 Å². The number of aryl methyl sites for hydroxylation is 1. The van der Waals surface area contributed by atoms with Gasteiger partial charge in [-0.3, -0.25) is 9.89 Å². The molecule has 1 aromatic rings. The van der Waals surface area contributed by atoms with Crippen LogP contribution in [0.1, 0.15) is 35.7 Å². The lowest BCUT2D eigenvalue weighted by Crippen LogP contribution is -2.34. The number of H-pyrrole nitrogens is 1. The van der Waals surface area contributed by atoms with Crippen LogP contribution >= 0.6 is 0 Å². The highest BCUT2D eigenvalue weighted by Gasteiger charge is 2.26. The molecule has 88 valence electrons. The fraction of sp³-hybridized carbons (Fsp3) is 0.700. The molecule has 1 saturated carbocycles. The number of amides is 1. The summed E-state index contributed by atoms with van der Waals surface area (Å²) in [7, 11) is 1.70. The van der Waals surface area contributed by atoms with Crippen LogP contribution in [0.25, 0.3) is 0 Å². The number of rotatable bonds is 3. The van der Waals surface area contributed by atoms with E-state index in [1.807, 2.05) is 0 Å². The van der Waals surface area contributed by atoms with Crippen LogP contribution in [-0.2, 0) is 4.74 Å². The molecule has 0 radical (unpaired) electrons. The molecule has 6 nitrogen and oxygen atoms in total. The number of ether oxygens (including phenoxy) is 1. The van der Waals surface area contributed by atoms with Gasteiger partial charge in [-0.2, -0.15) is 0 Å². The second-order valence-corrected chi connectivity index (χ2v) is 4.09. The van der Waals surface area contributed by atoms with E-state index in [0.717, 1.165) is 19.3 Å². The Labute approximate surface area is 93.8 Å². The third kappa shape index (κ3) is 2.38. The topological polar surface area (TPSA) is 79.9 Å². The van der Waals surface area contributed by atoms with Crippen LogP contribution in [0.3, 0.4) is 0 Å². The molecule has 0 spiro atoms. The van der Waals surface area contributed by atoms with Crippen LogP contribution in [0.15, 0.2) is 0 Å². The Morgan fingerprint density at radius 1 is 1.56 bits per heavy atom. The van der Waals surface area contributed by atoms with E-state index in [1.165, 1.54) is 0 Å². The normalized spacial score (nSPS) is 24.6. The molecule has 2 N–H and O–H groups in total. The number of nitrogens with one attached hydrogen (secondary N) is 2. The average Bonchev–Trinajstić information content (AvgIpc) is 2.87. The Morgan fingerprint density at radius 2 is 2.38 bits per heavy atom. The van der Waals surface area contributed by atoms with Crippen LogP contribution in [0.2, 0.25) is 0 Å². The van der Waals surface area contributed by atoms with Gasteiger partial charge in [0.05, 0.1) is 6.10 Å². The van der Waals surface area contributed by atoms with Gasteiger partial charge in [-0.25, -0.2) is 4.98 Å². The molecule has 6 heteroatoms. The largest absolute Gasteiger partial charge is 0.381 e. The SMILES string of the molecule is COC1CCC(NC(=O)c2n[nH]c(C)n2)C1. The van der Waals surface area contributed by atoms with Gasteiger partial charge in [0.25, 0.3) is 5.91 Å². The van der Waals surface area contributed by atoms with Gasteiger partial charge in [-0.05, 0) is 26.2 Å². The van der Waals surface area contributed by atoms with E-state index in [1.54, 1.807) is 14.0 Å². The number of methoxy groups -OCH3 is 1. The third-order valence-electron chi connectivity index (χ3n) is 2.85. The van der Waals surface area contributed by atoms with Crippen molar-refractivity contribution < 1.29 is 9.53 Å². The number of aromatic amines is 1. The summed E-state index contributed by atoms with van der Waals surface area (Å²) in [6, 6.07) is 0.177. The highest BCUT2D eigenvalue weighted by molar-refractivity contribution is 5.90. The molecule has 1 aromatic heterocycles. The van der Waals surface area contributed by atoms with Gasteiger partial charge >= 0.3 is 0 Å². The van der Waals surface area contributed by atoms with Gasteiger partial charge in [-0.1, -0.05) is 0 Å². The van der Waals surface area contributed by atoms with Gasteiger partial charge < -0.3 is 10.1 Å². The zero-order valence-electron chi connectivity index (χ0n) is 9.49. The number of hydrogen-bond donors (Lipinski definition) is 2. The molecule has 0 aliphatic heterocycles. The van der Waals surface area contributed by atoms with Gasteiger partial charge in [0.2, 0.25) is 5.82 Å².